The van der Waals surface area contributed by atoms with E-state index in [4.69, 9.17) is 25.4 Å². The highest BCUT2D eigenvalue weighted by Crippen LogP contribution is 2.40. The Kier molecular flexibility index (Phi) is 6.63. The van der Waals surface area contributed by atoms with Gasteiger partial charge in [-0.2, -0.15) is 4.37 Å². The summed E-state index contributed by atoms with van der Waals surface area (Å²) in [5.74, 6) is -0.297. The fourth-order valence-corrected chi connectivity index (χ4v) is 4.36. The lowest BCUT2D eigenvalue weighted by molar-refractivity contribution is -0.124. The smallest absolute Gasteiger partial charge is 0.273 e. The average Bonchev–Trinajstić information content (AvgIpc) is 3.55. The van der Waals surface area contributed by atoms with Gasteiger partial charge < -0.3 is 30.7 Å². The number of carbonyl (C=O) groups excluding carboxylic acids is 3. The number of hydrogen-bond acceptors (Lipinski definition) is 9. The van der Waals surface area contributed by atoms with Crippen LogP contribution in [0.2, 0.25) is 0 Å². The second kappa shape index (κ2) is 9.53. The van der Waals surface area contributed by atoms with Gasteiger partial charge in [-0.1, -0.05) is 6.92 Å². The van der Waals surface area contributed by atoms with E-state index < -0.39 is 29.3 Å². The maximum absolute atomic E-state index is 14.0. The molecule has 0 fully saturated rings. The normalized spacial score (nSPS) is 13.3. The number of aryl methyl sites for hydroxylation is 1. The quantitative estimate of drug-likeness (QED) is 0.413. The second-order valence-corrected chi connectivity index (χ2v) is 9.70. The zero-order valence-electron chi connectivity index (χ0n) is 20.3. The molecule has 3 amide bonds. The lowest BCUT2D eigenvalue weighted by atomic mass is 10.0. The van der Waals surface area contributed by atoms with Gasteiger partial charge in [0.25, 0.3) is 17.7 Å². The minimum atomic E-state index is -1.23. The number of aromatic nitrogens is 1. The number of benzene rings is 1. The summed E-state index contributed by atoms with van der Waals surface area (Å²) in [6, 6.07) is 6.97. The molecule has 36 heavy (non-hydrogen) atoms. The molecule has 3 aromatic rings. The predicted molar refractivity (Wildman–Crippen MR) is 133 cm³/mol. The van der Waals surface area contributed by atoms with Gasteiger partial charge in [-0.3, -0.25) is 19.3 Å². The van der Waals surface area contributed by atoms with Crippen LogP contribution in [0.5, 0.6) is 11.5 Å². The minimum absolute atomic E-state index is 0.0302. The summed E-state index contributed by atoms with van der Waals surface area (Å²) in [6.07, 6.45) is 0.643. The Balaban J connectivity index is 1.89. The van der Waals surface area contributed by atoms with Crippen LogP contribution in [-0.2, 0) is 4.79 Å². The zero-order valence-corrected chi connectivity index (χ0v) is 21.1. The van der Waals surface area contributed by atoms with Crippen LogP contribution in [-0.4, -0.2) is 34.4 Å². The molecule has 0 radical (unpaired) electrons. The van der Waals surface area contributed by atoms with Crippen molar-refractivity contribution in [3.05, 3.63) is 52.4 Å². The van der Waals surface area contributed by atoms with Crippen LogP contribution in [0.3, 0.4) is 0 Å². The number of nitrogens with one attached hydrogen (secondary N) is 1. The highest BCUT2D eigenvalue weighted by atomic mass is 32.1. The van der Waals surface area contributed by atoms with E-state index in [0.717, 1.165) is 11.5 Å². The van der Waals surface area contributed by atoms with E-state index in [-0.39, 0.29) is 28.8 Å². The van der Waals surface area contributed by atoms with Gasteiger partial charge in [-0.15, -0.1) is 0 Å². The van der Waals surface area contributed by atoms with E-state index in [1.54, 1.807) is 37.3 Å². The molecular weight excluding hydrogens is 486 g/mol. The molecule has 3 heterocycles. The number of nitrogen functional groups attached to an aromatic ring is 1. The van der Waals surface area contributed by atoms with Crippen molar-refractivity contribution in [1.82, 2.24) is 9.69 Å². The molecule has 0 aliphatic carbocycles. The first-order chi connectivity index (χ1) is 17.0. The molecule has 190 valence electrons. The van der Waals surface area contributed by atoms with Gasteiger partial charge in [0.1, 0.15) is 16.4 Å². The van der Waals surface area contributed by atoms with Crippen molar-refractivity contribution in [2.45, 2.75) is 45.7 Å². The summed E-state index contributed by atoms with van der Waals surface area (Å²) in [6.45, 7) is 7.46. The number of hydrogen-bond donors (Lipinski definition) is 3. The van der Waals surface area contributed by atoms with E-state index >= 15 is 0 Å². The van der Waals surface area contributed by atoms with Gasteiger partial charge in [0.05, 0.1) is 5.69 Å². The molecule has 1 atom stereocenters. The Morgan fingerprint density at radius 2 is 1.92 bits per heavy atom. The maximum atomic E-state index is 14.0. The molecule has 12 heteroatoms. The number of anilines is 2. The highest BCUT2D eigenvalue weighted by Gasteiger charge is 2.39. The average molecular weight is 514 g/mol. The number of furan rings is 1. The van der Waals surface area contributed by atoms with Crippen LogP contribution in [0, 0.1) is 6.92 Å². The first-order valence-corrected chi connectivity index (χ1v) is 12.0. The summed E-state index contributed by atoms with van der Waals surface area (Å²) >= 11 is 0.723. The lowest BCUT2D eigenvalue weighted by Gasteiger charge is -2.33. The summed E-state index contributed by atoms with van der Waals surface area (Å²) in [4.78, 5) is 40.7. The van der Waals surface area contributed by atoms with Crippen LogP contribution in [0.4, 0.5) is 11.4 Å². The topological polar surface area (TPSA) is 163 Å². The first-order valence-electron chi connectivity index (χ1n) is 11.2. The molecular formula is C24H27N5O6S. The molecule has 1 aliphatic rings. The third kappa shape index (κ3) is 4.71. The molecule has 0 saturated carbocycles. The number of nitrogens with zero attached hydrogens (tertiary/aromatic N) is 2. The van der Waals surface area contributed by atoms with Gasteiger partial charge in [-0.05, 0) is 63.0 Å². The molecule has 4 rings (SSSR count). The Morgan fingerprint density at radius 1 is 1.19 bits per heavy atom. The number of carbonyl (C=O) groups is 3. The Morgan fingerprint density at radius 3 is 2.53 bits per heavy atom. The molecule has 1 aliphatic heterocycles. The van der Waals surface area contributed by atoms with Crippen molar-refractivity contribution in [3.63, 3.8) is 0 Å². The molecule has 11 nitrogen and oxygen atoms in total. The summed E-state index contributed by atoms with van der Waals surface area (Å²) < 4.78 is 20.7. The van der Waals surface area contributed by atoms with Crippen LogP contribution < -0.4 is 31.2 Å². The highest BCUT2D eigenvalue weighted by molar-refractivity contribution is 7.09. The molecule has 2 aromatic heterocycles. The van der Waals surface area contributed by atoms with Gasteiger partial charge >= 0.3 is 0 Å². The van der Waals surface area contributed by atoms with Crippen LogP contribution in [0.15, 0.2) is 34.7 Å². The summed E-state index contributed by atoms with van der Waals surface area (Å²) in [7, 11) is 0. The third-order valence-corrected chi connectivity index (χ3v) is 6.74. The fourth-order valence-electron chi connectivity index (χ4n) is 3.62. The van der Waals surface area contributed by atoms with Crippen LogP contribution >= 0.6 is 11.5 Å². The number of rotatable bonds is 8. The van der Waals surface area contributed by atoms with Crippen molar-refractivity contribution in [2.24, 2.45) is 5.73 Å². The standard InChI is InChI=1S/C24H27N5O6S/c1-5-24(3,4)27-22(31)19(15-8-6-12(2)35-15)29(13-7-9-14-16(10-13)34-11-33-14)23(32)20-17(25)18(21(26)30)28-36-20/h6-10,19H,5,11,25H2,1-4H3,(H2,26,30)(H,27,31)/t19-/m0/s1. The van der Waals surface area contributed by atoms with Crippen molar-refractivity contribution >= 4 is 40.6 Å². The summed E-state index contributed by atoms with van der Waals surface area (Å²) in [5, 5.41) is 2.99. The molecule has 0 saturated heterocycles. The molecule has 0 spiro atoms. The lowest BCUT2D eigenvalue weighted by Crippen LogP contribution is -2.50. The Hall–Kier alpha value is -4.06. The molecule has 0 unspecified atom stereocenters. The number of nitrogens with two attached hydrogens (primary N) is 2. The van der Waals surface area contributed by atoms with E-state index in [1.165, 1.54) is 4.90 Å². The Bertz CT molecular complexity index is 1330. The zero-order chi connectivity index (χ0) is 26.2. The van der Waals surface area contributed by atoms with Gasteiger partial charge in [0.2, 0.25) is 6.79 Å². The van der Waals surface area contributed by atoms with Crippen molar-refractivity contribution in [3.8, 4) is 11.5 Å². The first kappa shape index (κ1) is 25.0. The van der Waals surface area contributed by atoms with Crippen molar-refractivity contribution in [2.75, 3.05) is 17.4 Å². The number of primary amides is 1. The van der Waals surface area contributed by atoms with Gasteiger partial charge in [-0.25, -0.2) is 0 Å². The van der Waals surface area contributed by atoms with E-state index in [2.05, 4.69) is 9.69 Å². The largest absolute Gasteiger partial charge is 0.464 e. The van der Waals surface area contributed by atoms with Crippen molar-refractivity contribution < 1.29 is 28.3 Å². The second-order valence-electron chi connectivity index (χ2n) is 8.93. The maximum Gasteiger partial charge on any atom is 0.273 e. The third-order valence-electron chi connectivity index (χ3n) is 5.89. The van der Waals surface area contributed by atoms with E-state index in [1.807, 2.05) is 20.8 Å². The van der Waals surface area contributed by atoms with E-state index in [9.17, 15) is 14.4 Å². The van der Waals surface area contributed by atoms with Gasteiger partial charge in [0, 0.05) is 17.3 Å². The monoisotopic (exact) mass is 513 g/mol. The number of fused-ring (bicyclic) bond motifs is 1. The molecule has 5 N–H and O–H groups in total. The van der Waals surface area contributed by atoms with E-state index in [0.29, 0.717) is 29.4 Å². The van der Waals surface area contributed by atoms with Crippen LogP contribution in [0.1, 0.15) is 64.9 Å². The Labute approximate surface area is 211 Å². The fraction of sp³-hybridized carbons (Fsp3) is 0.333. The molecule has 1 aromatic carbocycles. The summed E-state index contributed by atoms with van der Waals surface area (Å²) in [5.41, 5.74) is 10.8. The predicted octanol–water partition coefficient (Wildman–Crippen LogP) is 3.15. The minimum Gasteiger partial charge on any atom is -0.464 e. The number of amides is 3. The van der Waals surface area contributed by atoms with Crippen molar-refractivity contribution in [1.29, 1.82) is 0 Å². The number of ether oxygens (including phenoxy) is 2. The molecule has 0 bridgehead atoms. The van der Waals surface area contributed by atoms with Gasteiger partial charge in [0.15, 0.2) is 23.2 Å². The van der Waals surface area contributed by atoms with Crippen LogP contribution in [0.25, 0.3) is 0 Å². The SMILES string of the molecule is CCC(C)(C)NC(=O)[C@H](c1ccc(C)o1)N(C(=O)c1snc(C(N)=O)c1N)c1ccc2c(c1)OCO2.